The number of carbonyl (C=O) groups excluding carboxylic acids is 1. The molecular formula is C19H20N4O2. The summed E-state index contributed by atoms with van der Waals surface area (Å²) in [5, 5.41) is 13.9. The first-order chi connectivity index (χ1) is 12.2. The summed E-state index contributed by atoms with van der Waals surface area (Å²) >= 11 is 0. The molecular weight excluding hydrogens is 316 g/mol. The molecule has 25 heavy (non-hydrogen) atoms. The Morgan fingerprint density at radius 1 is 0.960 bits per heavy atom. The van der Waals surface area contributed by atoms with Crippen LogP contribution in [-0.4, -0.2) is 29.2 Å². The molecule has 1 aromatic heterocycles. The zero-order chi connectivity index (χ0) is 17.5. The van der Waals surface area contributed by atoms with E-state index >= 15 is 0 Å². The largest absolute Gasteiger partial charge is 0.366 e. The Morgan fingerprint density at radius 2 is 1.68 bits per heavy atom. The van der Waals surface area contributed by atoms with Crippen molar-refractivity contribution < 1.29 is 4.79 Å². The standard InChI is InChI=1S/C19H20N4O2/c24-17(11-10-14-6-2-1-3-7-14)20-12-13-21-18-15-8-4-5-9-16(15)19(25)23-22-18/h1-9H,10-13H2,(H,20,24)(H,21,22)(H,23,25). The number of nitrogens with zero attached hydrogens (tertiary/aromatic N) is 1. The lowest BCUT2D eigenvalue weighted by Crippen LogP contribution is -2.29. The molecule has 3 rings (SSSR count). The Hall–Kier alpha value is -3.15. The molecule has 0 aliphatic heterocycles. The number of benzene rings is 2. The minimum Gasteiger partial charge on any atom is -0.366 e. The van der Waals surface area contributed by atoms with E-state index in [1.165, 1.54) is 0 Å². The van der Waals surface area contributed by atoms with E-state index in [1.807, 2.05) is 48.5 Å². The summed E-state index contributed by atoms with van der Waals surface area (Å²) in [7, 11) is 0. The zero-order valence-electron chi connectivity index (χ0n) is 13.8. The lowest BCUT2D eigenvalue weighted by molar-refractivity contribution is -0.120. The Morgan fingerprint density at radius 3 is 2.48 bits per heavy atom. The smallest absolute Gasteiger partial charge is 0.272 e. The number of hydrogen-bond donors (Lipinski definition) is 3. The molecule has 128 valence electrons. The van der Waals surface area contributed by atoms with Gasteiger partial charge in [0.1, 0.15) is 0 Å². The summed E-state index contributed by atoms with van der Waals surface area (Å²) in [5.41, 5.74) is 0.940. The monoisotopic (exact) mass is 336 g/mol. The van der Waals surface area contributed by atoms with Crippen LogP contribution in [0, 0.1) is 0 Å². The molecule has 0 bridgehead atoms. The number of amides is 1. The highest BCUT2D eigenvalue weighted by Gasteiger charge is 2.05. The molecule has 0 spiro atoms. The average molecular weight is 336 g/mol. The summed E-state index contributed by atoms with van der Waals surface area (Å²) in [6.45, 7) is 1.02. The maximum atomic E-state index is 11.9. The highest BCUT2D eigenvalue weighted by molar-refractivity contribution is 5.90. The molecule has 2 aromatic carbocycles. The number of rotatable bonds is 7. The molecule has 0 radical (unpaired) electrons. The van der Waals surface area contributed by atoms with Gasteiger partial charge in [-0.2, -0.15) is 5.10 Å². The number of hydrogen-bond acceptors (Lipinski definition) is 4. The van der Waals surface area contributed by atoms with Crippen molar-refractivity contribution in [2.45, 2.75) is 12.8 Å². The highest BCUT2D eigenvalue weighted by atomic mass is 16.1. The van der Waals surface area contributed by atoms with Gasteiger partial charge in [0.15, 0.2) is 5.82 Å². The maximum Gasteiger partial charge on any atom is 0.272 e. The number of carbonyl (C=O) groups is 1. The van der Waals surface area contributed by atoms with Gasteiger partial charge in [0.05, 0.1) is 5.39 Å². The van der Waals surface area contributed by atoms with Gasteiger partial charge in [0, 0.05) is 24.9 Å². The Bertz CT molecular complexity index is 906. The predicted octanol–water partition coefficient (Wildman–Crippen LogP) is 2.08. The van der Waals surface area contributed by atoms with Crippen LogP contribution in [0.1, 0.15) is 12.0 Å². The van der Waals surface area contributed by atoms with Crippen LogP contribution in [-0.2, 0) is 11.2 Å². The molecule has 0 saturated heterocycles. The minimum atomic E-state index is -0.213. The fourth-order valence-corrected chi connectivity index (χ4v) is 2.62. The Kier molecular flexibility index (Phi) is 5.41. The van der Waals surface area contributed by atoms with Crippen LogP contribution in [0.15, 0.2) is 59.4 Å². The fraction of sp³-hybridized carbons (Fsp3) is 0.211. The summed E-state index contributed by atoms with van der Waals surface area (Å²) in [6, 6.07) is 17.2. The van der Waals surface area contributed by atoms with E-state index < -0.39 is 0 Å². The number of anilines is 1. The molecule has 6 nitrogen and oxygen atoms in total. The number of nitrogens with one attached hydrogen (secondary N) is 3. The number of aromatic amines is 1. The molecule has 0 aliphatic rings. The van der Waals surface area contributed by atoms with Crippen molar-refractivity contribution in [1.29, 1.82) is 0 Å². The molecule has 0 unspecified atom stereocenters. The van der Waals surface area contributed by atoms with Crippen molar-refractivity contribution in [3.05, 3.63) is 70.5 Å². The SMILES string of the molecule is O=C(CCc1ccccc1)NCCNc1n[nH]c(=O)c2ccccc12. The van der Waals surface area contributed by atoms with Crippen molar-refractivity contribution in [3.8, 4) is 0 Å². The maximum absolute atomic E-state index is 11.9. The van der Waals surface area contributed by atoms with Crippen molar-refractivity contribution in [1.82, 2.24) is 15.5 Å². The Balaban J connectivity index is 1.46. The molecule has 6 heteroatoms. The van der Waals surface area contributed by atoms with Crippen LogP contribution in [0.3, 0.4) is 0 Å². The van der Waals surface area contributed by atoms with E-state index in [2.05, 4.69) is 20.8 Å². The highest BCUT2D eigenvalue weighted by Crippen LogP contribution is 2.16. The van der Waals surface area contributed by atoms with E-state index in [0.717, 1.165) is 17.4 Å². The van der Waals surface area contributed by atoms with E-state index in [-0.39, 0.29) is 11.5 Å². The van der Waals surface area contributed by atoms with Gasteiger partial charge in [-0.1, -0.05) is 48.5 Å². The summed E-state index contributed by atoms with van der Waals surface area (Å²) < 4.78 is 0. The van der Waals surface area contributed by atoms with Crippen molar-refractivity contribution in [3.63, 3.8) is 0 Å². The molecule has 3 aromatic rings. The van der Waals surface area contributed by atoms with Crippen molar-refractivity contribution in [2.24, 2.45) is 0 Å². The van der Waals surface area contributed by atoms with Crippen LogP contribution < -0.4 is 16.2 Å². The van der Waals surface area contributed by atoms with Gasteiger partial charge in [-0.25, -0.2) is 5.10 Å². The number of aryl methyl sites for hydroxylation is 1. The van der Waals surface area contributed by atoms with Crippen LogP contribution in [0.25, 0.3) is 10.8 Å². The third-order valence-electron chi connectivity index (χ3n) is 3.92. The fourth-order valence-electron chi connectivity index (χ4n) is 2.62. The predicted molar refractivity (Wildman–Crippen MR) is 98.6 cm³/mol. The lowest BCUT2D eigenvalue weighted by Gasteiger charge is -2.09. The molecule has 1 heterocycles. The van der Waals surface area contributed by atoms with E-state index in [9.17, 15) is 9.59 Å². The van der Waals surface area contributed by atoms with Gasteiger partial charge < -0.3 is 10.6 Å². The summed E-state index contributed by atoms with van der Waals surface area (Å²) in [5.74, 6) is 0.624. The molecule has 0 aliphatic carbocycles. The zero-order valence-corrected chi connectivity index (χ0v) is 13.8. The first kappa shape index (κ1) is 16.7. The molecule has 3 N–H and O–H groups in total. The van der Waals surface area contributed by atoms with E-state index in [1.54, 1.807) is 6.07 Å². The quantitative estimate of drug-likeness (QED) is 0.577. The molecule has 0 saturated carbocycles. The normalized spacial score (nSPS) is 10.6. The van der Waals surface area contributed by atoms with Crippen LogP contribution in [0.4, 0.5) is 5.82 Å². The van der Waals surface area contributed by atoms with Crippen molar-refractivity contribution in [2.75, 3.05) is 18.4 Å². The lowest BCUT2D eigenvalue weighted by atomic mass is 10.1. The second kappa shape index (κ2) is 8.10. The third kappa shape index (κ3) is 4.44. The van der Waals surface area contributed by atoms with Gasteiger partial charge in [0.2, 0.25) is 5.91 Å². The van der Waals surface area contributed by atoms with Crippen molar-refractivity contribution >= 4 is 22.5 Å². The van der Waals surface area contributed by atoms with E-state index in [4.69, 9.17) is 0 Å². The molecule has 0 atom stereocenters. The van der Waals surface area contributed by atoms with E-state index in [0.29, 0.717) is 30.7 Å². The van der Waals surface area contributed by atoms with Gasteiger partial charge in [0.25, 0.3) is 5.56 Å². The van der Waals surface area contributed by atoms with Gasteiger partial charge in [-0.15, -0.1) is 0 Å². The third-order valence-corrected chi connectivity index (χ3v) is 3.92. The van der Waals surface area contributed by atoms with Crippen LogP contribution in [0.5, 0.6) is 0 Å². The number of fused-ring (bicyclic) bond motifs is 1. The van der Waals surface area contributed by atoms with Gasteiger partial charge in [-0.05, 0) is 18.1 Å². The number of aromatic nitrogens is 2. The average Bonchev–Trinajstić information content (AvgIpc) is 2.66. The Labute approximate surface area is 145 Å². The second-order valence-electron chi connectivity index (χ2n) is 5.71. The summed E-state index contributed by atoms with van der Waals surface area (Å²) in [6.07, 6.45) is 1.19. The topological polar surface area (TPSA) is 86.9 Å². The first-order valence-electron chi connectivity index (χ1n) is 8.26. The molecule has 0 fully saturated rings. The number of H-pyrrole nitrogens is 1. The minimum absolute atomic E-state index is 0.0185. The van der Waals surface area contributed by atoms with Gasteiger partial charge in [-0.3, -0.25) is 9.59 Å². The second-order valence-corrected chi connectivity index (χ2v) is 5.71. The first-order valence-corrected chi connectivity index (χ1v) is 8.26. The van der Waals surface area contributed by atoms with Gasteiger partial charge >= 0.3 is 0 Å². The van der Waals surface area contributed by atoms with Crippen LogP contribution in [0.2, 0.25) is 0 Å². The summed E-state index contributed by atoms with van der Waals surface area (Å²) in [4.78, 5) is 23.6. The van der Waals surface area contributed by atoms with Crippen LogP contribution >= 0.6 is 0 Å². The molecule has 1 amide bonds.